The zero-order chi connectivity index (χ0) is 19.6. The van der Waals surface area contributed by atoms with Crippen molar-refractivity contribution in [3.8, 4) is 0 Å². The Balaban J connectivity index is 1.53. The molecule has 2 aliphatic rings. The number of thiophene rings is 1. The standard InChI is InChI=1S/C22H21N3O3S/c1-13-17-19(24-25(21(17)26)12-14-5-3-2-4-6-14)18-15-7-8-22(27-9-10-28-22)11-16(15)29-20(18)23-13/h2-6,24H,7-12H2,1H3. The first-order valence-corrected chi connectivity index (χ1v) is 10.8. The number of nitrogens with zero attached hydrogens (tertiary/aromatic N) is 2. The van der Waals surface area contributed by atoms with E-state index in [1.54, 1.807) is 16.0 Å². The van der Waals surface area contributed by atoms with Crippen LogP contribution in [0.2, 0.25) is 0 Å². The fourth-order valence-corrected chi connectivity index (χ4v) is 6.08. The van der Waals surface area contributed by atoms with Crippen LogP contribution in [0.3, 0.4) is 0 Å². The van der Waals surface area contributed by atoms with Crippen molar-refractivity contribution < 1.29 is 9.47 Å². The van der Waals surface area contributed by atoms with E-state index in [1.165, 1.54) is 10.4 Å². The molecule has 1 aliphatic carbocycles. The Morgan fingerprint density at radius 1 is 1.21 bits per heavy atom. The molecule has 0 unspecified atom stereocenters. The van der Waals surface area contributed by atoms with Crippen LogP contribution in [0.15, 0.2) is 35.1 Å². The van der Waals surface area contributed by atoms with Gasteiger partial charge in [0.15, 0.2) is 5.79 Å². The minimum atomic E-state index is -0.464. The van der Waals surface area contributed by atoms with Crippen LogP contribution in [0, 0.1) is 6.92 Å². The molecule has 6 nitrogen and oxygen atoms in total. The van der Waals surface area contributed by atoms with E-state index < -0.39 is 5.79 Å². The summed E-state index contributed by atoms with van der Waals surface area (Å²) in [5, 5.41) is 5.20. The molecule has 1 N–H and O–H groups in total. The topological polar surface area (TPSA) is 69.1 Å². The van der Waals surface area contributed by atoms with Crippen molar-refractivity contribution in [1.29, 1.82) is 0 Å². The number of hydrogen-bond donors (Lipinski definition) is 1. The third-order valence-corrected chi connectivity index (χ3v) is 7.22. The van der Waals surface area contributed by atoms with Gasteiger partial charge in [-0.2, -0.15) is 0 Å². The largest absolute Gasteiger partial charge is 0.347 e. The van der Waals surface area contributed by atoms with Crippen molar-refractivity contribution in [3.05, 3.63) is 62.4 Å². The lowest BCUT2D eigenvalue weighted by Crippen LogP contribution is -2.36. The van der Waals surface area contributed by atoms with Crippen molar-refractivity contribution in [2.24, 2.45) is 0 Å². The summed E-state index contributed by atoms with van der Waals surface area (Å²) in [6, 6.07) is 10.0. The van der Waals surface area contributed by atoms with Crippen molar-refractivity contribution in [2.75, 3.05) is 13.2 Å². The normalized spacial score (nSPS) is 18.1. The van der Waals surface area contributed by atoms with Gasteiger partial charge in [0.1, 0.15) is 4.83 Å². The molecule has 6 rings (SSSR count). The summed E-state index contributed by atoms with van der Waals surface area (Å²) in [5.74, 6) is -0.464. The molecule has 1 aliphatic heterocycles. The summed E-state index contributed by atoms with van der Waals surface area (Å²) in [6.07, 6.45) is 2.48. The molecule has 1 spiro atoms. The van der Waals surface area contributed by atoms with Crippen LogP contribution in [-0.4, -0.2) is 33.8 Å². The number of hydrogen-bond acceptors (Lipinski definition) is 5. The number of ether oxygens (including phenoxy) is 2. The lowest BCUT2D eigenvalue weighted by Gasteiger charge is -2.31. The predicted octanol–water partition coefficient (Wildman–Crippen LogP) is 3.53. The summed E-state index contributed by atoms with van der Waals surface area (Å²) in [7, 11) is 0. The zero-order valence-electron chi connectivity index (χ0n) is 16.2. The number of fused-ring (bicyclic) bond motifs is 5. The maximum absolute atomic E-state index is 13.1. The Hall–Kier alpha value is -2.48. The van der Waals surface area contributed by atoms with E-state index in [1.807, 2.05) is 37.3 Å². The molecular weight excluding hydrogens is 386 g/mol. The third kappa shape index (κ3) is 2.61. The Morgan fingerprint density at radius 2 is 2.00 bits per heavy atom. The van der Waals surface area contributed by atoms with Crippen LogP contribution >= 0.6 is 11.3 Å². The van der Waals surface area contributed by atoms with Gasteiger partial charge >= 0.3 is 0 Å². The molecule has 1 saturated heterocycles. The van der Waals surface area contributed by atoms with Gasteiger partial charge in [0.25, 0.3) is 5.56 Å². The lowest BCUT2D eigenvalue weighted by atomic mass is 9.91. The summed E-state index contributed by atoms with van der Waals surface area (Å²) >= 11 is 1.71. The SMILES string of the molecule is Cc1nc2sc3c(c2c2[nH]n(Cc4ccccc4)c(=O)c12)CCC1(C3)OCCO1. The molecule has 4 aromatic rings. The van der Waals surface area contributed by atoms with Crippen LogP contribution in [0.4, 0.5) is 0 Å². The van der Waals surface area contributed by atoms with Crippen LogP contribution in [0.5, 0.6) is 0 Å². The molecule has 0 atom stereocenters. The Morgan fingerprint density at radius 3 is 2.79 bits per heavy atom. The maximum Gasteiger partial charge on any atom is 0.276 e. The van der Waals surface area contributed by atoms with E-state index in [4.69, 9.17) is 14.5 Å². The number of pyridine rings is 1. The van der Waals surface area contributed by atoms with Gasteiger partial charge in [0.05, 0.1) is 36.4 Å². The minimum Gasteiger partial charge on any atom is -0.347 e. The Bertz CT molecular complexity index is 1300. The van der Waals surface area contributed by atoms with Crippen LogP contribution in [-0.2, 0) is 28.9 Å². The monoisotopic (exact) mass is 407 g/mol. The van der Waals surface area contributed by atoms with Gasteiger partial charge in [-0.15, -0.1) is 11.3 Å². The smallest absolute Gasteiger partial charge is 0.276 e. The van der Waals surface area contributed by atoms with Crippen LogP contribution < -0.4 is 5.56 Å². The van der Waals surface area contributed by atoms with E-state index in [2.05, 4.69) is 5.10 Å². The molecule has 148 valence electrons. The molecule has 29 heavy (non-hydrogen) atoms. The van der Waals surface area contributed by atoms with E-state index in [-0.39, 0.29) is 5.56 Å². The summed E-state index contributed by atoms with van der Waals surface area (Å²) in [6.45, 7) is 3.77. The number of nitrogens with one attached hydrogen (secondary N) is 1. The van der Waals surface area contributed by atoms with Crippen molar-refractivity contribution in [1.82, 2.24) is 14.8 Å². The summed E-state index contributed by atoms with van der Waals surface area (Å²) in [5.41, 5.74) is 4.07. The molecule has 0 bridgehead atoms. The van der Waals surface area contributed by atoms with Crippen molar-refractivity contribution in [3.63, 3.8) is 0 Å². The summed E-state index contributed by atoms with van der Waals surface area (Å²) < 4.78 is 13.6. The molecule has 0 amide bonds. The average molecular weight is 407 g/mol. The maximum atomic E-state index is 13.1. The zero-order valence-corrected chi connectivity index (χ0v) is 17.0. The molecule has 0 saturated carbocycles. The molecule has 1 aromatic carbocycles. The molecule has 3 aromatic heterocycles. The number of aromatic nitrogens is 3. The van der Waals surface area contributed by atoms with Gasteiger partial charge in [-0.1, -0.05) is 30.3 Å². The quantitative estimate of drug-likeness (QED) is 0.552. The van der Waals surface area contributed by atoms with E-state index in [0.29, 0.717) is 25.1 Å². The predicted molar refractivity (Wildman–Crippen MR) is 113 cm³/mol. The number of aromatic amines is 1. The molecule has 0 radical (unpaired) electrons. The van der Waals surface area contributed by atoms with Crippen molar-refractivity contribution >= 4 is 32.5 Å². The van der Waals surface area contributed by atoms with E-state index in [9.17, 15) is 4.79 Å². The lowest BCUT2D eigenvalue weighted by molar-refractivity contribution is -0.163. The van der Waals surface area contributed by atoms with Crippen LogP contribution in [0.1, 0.15) is 28.1 Å². The van der Waals surface area contributed by atoms with E-state index in [0.717, 1.165) is 46.3 Å². The van der Waals surface area contributed by atoms with Gasteiger partial charge in [0, 0.05) is 23.1 Å². The fraction of sp³-hybridized carbons (Fsp3) is 0.364. The highest BCUT2D eigenvalue weighted by molar-refractivity contribution is 7.19. The number of H-pyrrole nitrogens is 1. The molecule has 1 fully saturated rings. The first-order chi connectivity index (χ1) is 14.1. The van der Waals surface area contributed by atoms with Gasteiger partial charge in [-0.3, -0.25) is 9.89 Å². The first-order valence-electron chi connectivity index (χ1n) is 9.99. The highest BCUT2D eigenvalue weighted by atomic mass is 32.1. The molecule has 7 heteroatoms. The molecule has 4 heterocycles. The second kappa shape index (κ2) is 6.26. The number of benzene rings is 1. The minimum absolute atomic E-state index is 0.00885. The molecular formula is C22H21N3O3S. The number of aryl methyl sites for hydroxylation is 2. The van der Waals surface area contributed by atoms with Gasteiger partial charge < -0.3 is 9.47 Å². The van der Waals surface area contributed by atoms with Gasteiger partial charge in [0.2, 0.25) is 0 Å². The first kappa shape index (κ1) is 17.4. The highest BCUT2D eigenvalue weighted by Crippen LogP contribution is 2.43. The van der Waals surface area contributed by atoms with Crippen molar-refractivity contribution in [2.45, 2.75) is 38.5 Å². The Labute approximate surface area is 171 Å². The third-order valence-electron chi connectivity index (χ3n) is 6.09. The van der Waals surface area contributed by atoms with Gasteiger partial charge in [-0.05, 0) is 24.5 Å². The van der Waals surface area contributed by atoms with Crippen LogP contribution in [0.25, 0.3) is 21.1 Å². The van der Waals surface area contributed by atoms with E-state index >= 15 is 0 Å². The number of rotatable bonds is 2. The average Bonchev–Trinajstić information content (AvgIpc) is 3.39. The second-order valence-corrected chi connectivity index (χ2v) is 8.99. The Kier molecular flexibility index (Phi) is 3.75. The summed E-state index contributed by atoms with van der Waals surface area (Å²) in [4.78, 5) is 20.2. The second-order valence-electron chi connectivity index (χ2n) is 7.90. The van der Waals surface area contributed by atoms with Gasteiger partial charge in [-0.25, -0.2) is 9.67 Å². The fourth-order valence-electron chi connectivity index (χ4n) is 4.72. The highest BCUT2D eigenvalue weighted by Gasteiger charge is 2.41.